The van der Waals surface area contributed by atoms with E-state index in [0.717, 1.165) is 11.1 Å². The monoisotopic (exact) mass is 373 g/mol. The van der Waals surface area contributed by atoms with Crippen LogP contribution in [0.5, 0.6) is 11.5 Å². The van der Waals surface area contributed by atoms with Gasteiger partial charge in [-0.05, 0) is 59.7 Å². The predicted molar refractivity (Wildman–Crippen MR) is 105 cm³/mol. The van der Waals surface area contributed by atoms with Crippen molar-refractivity contribution in [3.05, 3.63) is 83.4 Å². The molecule has 2 aromatic carbocycles. The van der Waals surface area contributed by atoms with Crippen molar-refractivity contribution in [3.8, 4) is 28.3 Å². The van der Waals surface area contributed by atoms with E-state index in [-0.39, 0.29) is 11.5 Å². The number of phenols is 1. The number of amides is 1. The number of nitrogens with zero attached hydrogens (tertiary/aromatic N) is 2. The van der Waals surface area contributed by atoms with Crippen molar-refractivity contribution in [1.82, 2.24) is 9.55 Å². The summed E-state index contributed by atoms with van der Waals surface area (Å²) < 4.78 is 6.61. The van der Waals surface area contributed by atoms with Gasteiger partial charge in [0.25, 0.3) is 0 Å². The summed E-state index contributed by atoms with van der Waals surface area (Å²) in [5.41, 5.74) is 7.78. The summed E-state index contributed by atoms with van der Waals surface area (Å²) in [5.74, 6) is -0.0649. The van der Waals surface area contributed by atoms with Gasteiger partial charge in [0.1, 0.15) is 5.75 Å². The van der Waals surface area contributed by atoms with E-state index < -0.39 is 11.5 Å². The fourth-order valence-electron chi connectivity index (χ4n) is 3.03. The molecule has 0 saturated carbocycles. The van der Waals surface area contributed by atoms with Crippen LogP contribution in [0.4, 0.5) is 4.79 Å². The minimum atomic E-state index is -1.07. The second kappa shape index (κ2) is 6.88. The van der Waals surface area contributed by atoms with Crippen LogP contribution in [0.1, 0.15) is 0 Å². The first-order valence-electron chi connectivity index (χ1n) is 8.39. The molecule has 7 nitrogen and oxygen atoms in total. The summed E-state index contributed by atoms with van der Waals surface area (Å²) in [6, 6.07) is 15.5. The van der Waals surface area contributed by atoms with E-state index in [4.69, 9.17) is 10.5 Å². The number of hydrogen-bond donors (Lipinski definition) is 2. The molecule has 4 aromatic rings. The van der Waals surface area contributed by atoms with Crippen LogP contribution in [-0.2, 0) is 0 Å². The Morgan fingerprint density at radius 3 is 2.39 bits per heavy atom. The molecule has 0 aliphatic heterocycles. The van der Waals surface area contributed by atoms with Gasteiger partial charge < -0.3 is 20.1 Å². The molecule has 2 heterocycles. The first-order chi connectivity index (χ1) is 13.5. The van der Waals surface area contributed by atoms with E-state index in [0.29, 0.717) is 16.6 Å². The molecule has 2 aromatic heterocycles. The summed E-state index contributed by atoms with van der Waals surface area (Å²) in [7, 11) is 0. The molecule has 0 unspecified atom stereocenters. The molecule has 3 N–H and O–H groups in total. The highest BCUT2D eigenvalue weighted by Crippen LogP contribution is 2.27. The van der Waals surface area contributed by atoms with Crippen molar-refractivity contribution in [2.24, 2.45) is 5.73 Å². The number of benzene rings is 2. The molecule has 0 aliphatic rings. The molecule has 0 fully saturated rings. The number of aromatic hydroxyl groups is 1. The number of hydrogen-bond acceptors (Lipinski definition) is 5. The van der Waals surface area contributed by atoms with Crippen molar-refractivity contribution < 1.29 is 14.6 Å². The van der Waals surface area contributed by atoms with Gasteiger partial charge in [0.05, 0.1) is 11.7 Å². The molecular weight excluding hydrogens is 358 g/mol. The number of fused-ring (bicyclic) bond motifs is 1. The highest BCUT2D eigenvalue weighted by molar-refractivity contribution is 5.87. The highest BCUT2D eigenvalue weighted by Gasteiger charge is 2.14. The van der Waals surface area contributed by atoms with Gasteiger partial charge in [-0.15, -0.1) is 0 Å². The van der Waals surface area contributed by atoms with Crippen molar-refractivity contribution in [1.29, 1.82) is 0 Å². The number of carbonyl (C=O) groups excluding carboxylic acids is 1. The second-order valence-corrected chi connectivity index (χ2v) is 6.10. The first-order valence-corrected chi connectivity index (χ1v) is 8.39. The molecule has 0 saturated heterocycles. The number of pyridine rings is 2. The molecule has 28 heavy (non-hydrogen) atoms. The second-order valence-electron chi connectivity index (χ2n) is 6.10. The fourth-order valence-corrected chi connectivity index (χ4v) is 3.03. The SMILES string of the molecule is NC(=O)Oc1cn(-c2ccc(O)cc2)c2cc(-c3ccncc3)ccc2c1=O. The van der Waals surface area contributed by atoms with Gasteiger partial charge in [-0.1, -0.05) is 6.07 Å². The average molecular weight is 373 g/mol. The van der Waals surface area contributed by atoms with Crippen LogP contribution >= 0.6 is 0 Å². The normalized spacial score (nSPS) is 10.7. The summed E-state index contributed by atoms with van der Waals surface area (Å²) in [6.07, 6.45) is 3.73. The Kier molecular flexibility index (Phi) is 4.25. The molecule has 0 atom stereocenters. The van der Waals surface area contributed by atoms with Crippen molar-refractivity contribution in [2.75, 3.05) is 0 Å². The largest absolute Gasteiger partial charge is 0.508 e. The fraction of sp³-hybridized carbons (Fsp3) is 0. The van der Waals surface area contributed by atoms with E-state index in [2.05, 4.69) is 4.98 Å². The van der Waals surface area contributed by atoms with Gasteiger partial charge in [-0.25, -0.2) is 4.79 Å². The number of ether oxygens (including phenoxy) is 1. The number of nitrogens with two attached hydrogens (primary N) is 1. The Labute approximate surface area is 159 Å². The maximum atomic E-state index is 12.8. The van der Waals surface area contributed by atoms with Crippen LogP contribution in [-0.4, -0.2) is 20.8 Å². The van der Waals surface area contributed by atoms with Crippen LogP contribution in [0.3, 0.4) is 0 Å². The van der Waals surface area contributed by atoms with Crippen molar-refractivity contribution in [3.63, 3.8) is 0 Å². The topological polar surface area (TPSA) is 107 Å². The van der Waals surface area contributed by atoms with Gasteiger partial charge >= 0.3 is 6.09 Å². The minimum Gasteiger partial charge on any atom is -0.508 e. The Morgan fingerprint density at radius 1 is 1.00 bits per heavy atom. The summed E-state index contributed by atoms with van der Waals surface area (Å²) in [4.78, 5) is 28.0. The van der Waals surface area contributed by atoms with E-state index in [1.807, 2.05) is 24.3 Å². The molecule has 0 aliphatic carbocycles. The van der Waals surface area contributed by atoms with Crippen LogP contribution in [0.15, 0.2) is 78.0 Å². The number of rotatable bonds is 3. The van der Waals surface area contributed by atoms with Crippen molar-refractivity contribution in [2.45, 2.75) is 0 Å². The summed E-state index contributed by atoms with van der Waals surface area (Å²) in [5, 5.41) is 9.94. The number of primary amides is 1. The lowest BCUT2D eigenvalue weighted by Gasteiger charge is -2.14. The highest BCUT2D eigenvalue weighted by atomic mass is 16.5. The van der Waals surface area contributed by atoms with Gasteiger partial charge in [0, 0.05) is 23.5 Å². The molecule has 138 valence electrons. The van der Waals surface area contributed by atoms with E-state index in [9.17, 15) is 14.7 Å². The third kappa shape index (κ3) is 3.16. The molecule has 0 spiro atoms. The zero-order chi connectivity index (χ0) is 19.7. The summed E-state index contributed by atoms with van der Waals surface area (Å²) in [6.45, 7) is 0. The van der Waals surface area contributed by atoms with Crippen LogP contribution in [0.2, 0.25) is 0 Å². The standard InChI is InChI=1S/C21H15N3O4/c22-21(27)28-19-12-24(15-2-4-16(25)5-3-15)18-11-14(1-6-17(18)20(19)26)13-7-9-23-10-8-13/h1-12,25H,(H2,22,27). The maximum Gasteiger partial charge on any atom is 0.410 e. The lowest BCUT2D eigenvalue weighted by molar-refractivity contribution is 0.210. The van der Waals surface area contributed by atoms with Crippen molar-refractivity contribution >= 4 is 17.0 Å². The van der Waals surface area contributed by atoms with E-state index in [1.54, 1.807) is 35.2 Å². The Balaban J connectivity index is 2.02. The Bertz CT molecular complexity index is 1230. The smallest absolute Gasteiger partial charge is 0.410 e. The third-order valence-corrected chi connectivity index (χ3v) is 4.32. The van der Waals surface area contributed by atoms with Gasteiger partial charge in [-0.2, -0.15) is 0 Å². The maximum absolute atomic E-state index is 12.8. The number of phenolic OH excluding ortho intramolecular Hbond substituents is 1. The first kappa shape index (κ1) is 17.3. The third-order valence-electron chi connectivity index (χ3n) is 4.32. The van der Waals surface area contributed by atoms with Gasteiger partial charge in [-0.3, -0.25) is 9.78 Å². The Morgan fingerprint density at radius 2 is 1.71 bits per heavy atom. The average Bonchev–Trinajstić information content (AvgIpc) is 2.71. The molecule has 4 rings (SSSR count). The quantitative estimate of drug-likeness (QED) is 0.573. The lowest BCUT2D eigenvalue weighted by Crippen LogP contribution is -2.21. The Hall–Kier alpha value is -4.13. The van der Waals surface area contributed by atoms with Crippen LogP contribution in [0, 0.1) is 0 Å². The molecule has 7 heteroatoms. The number of carbonyl (C=O) groups is 1. The molecule has 0 bridgehead atoms. The minimum absolute atomic E-state index is 0.111. The molecule has 0 radical (unpaired) electrons. The van der Waals surface area contributed by atoms with Gasteiger partial charge in [0.2, 0.25) is 5.43 Å². The molecule has 1 amide bonds. The zero-order valence-electron chi connectivity index (χ0n) is 14.6. The van der Waals surface area contributed by atoms with E-state index in [1.165, 1.54) is 18.3 Å². The van der Waals surface area contributed by atoms with Crippen LogP contribution in [0.25, 0.3) is 27.7 Å². The number of aromatic nitrogens is 2. The molecular formula is C21H15N3O4. The van der Waals surface area contributed by atoms with Gasteiger partial charge in [0.15, 0.2) is 5.75 Å². The predicted octanol–water partition coefficient (Wildman–Crippen LogP) is 3.22. The lowest BCUT2D eigenvalue weighted by atomic mass is 10.0. The van der Waals surface area contributed by atoms with Crippen LogP contribution < -0.4 is 15.9 Å². The zero-order valence-corrected chi connectivity index (χ0v) is 14.6. The van der Waals surface area contributed by atoms with E-state index >= 15 is 0 Å². The summed E-state index contributed by atoms with van der Waals surface area (Å²) >= 11 is 0.